The molecule has 186 valence electrons. The molecule has 3 rings (SSSR count). The van der Waals surface area contributed by atoms with Gasteiger partial charge in [0, 0.05) is 6.54 Å². The summed E-state index contributed by atoms with van der Waals surface area (Å²) < 4.78 is 33.7. The predicted molar refractivity (Wildman–Crippen MR) is 140 cm³/mol. The SMILES string of the molecule is Cc1cc(C)cc(N(CC(=O)NCCCc2ccc(OC(C)C)cc2)S(=O)(=O)c2ccccc2)c1. The number of benzene rings is 3. The number of amides is 1. The van der Waals surface area contributed by atoms with Crippen LogP contribution in [0.2, 0.25) is 0 Å². The molecule has 0 atom stereocenters. The molecule has 6 nitrogen and oxygen atoms in total. The first-order valence-electron chi connectivity index (χ1n) is 11.8. The molecule has 0 radical (unpaired) electrons. The minimum absolute atomic E-state index is 0.130. The van der Waals surface area contributed by atoms with Crippen LogP contribution in [0.15, 0.2) is 77.7 Å². The summed E-state index contributed by atoms with van der Waals surface area (Å²) in [6.07, 6.45) is 1.67. The van der Waals surface area contributed by atoms with E-state index in [0.29, 0.717) is 12.2 Å². The maximum absolute atomic E-state index is 13.4. The van der Waals surface area contributed by atoms with Crippen molar-refractivity contribution in [1.29, 1.82) is 0 Å². The second kappa shape index (κ2) is 11.9. The number of hydrogen-bond donors (Lipinski definition) is 1. The molecule has 0 aliphatic rings. The number of carbonyl (C=O) groups excluding carboxylic acids is 1. The van der Waals surface area contributed by atoms with Gasteiger partial charge in [0.15, 0.2) is 0 Å². The Kier molecular flexibility index (Phi) is 8.93. The van der Waals surface area contributed by atoms with Crippen molar-refractivity contribution in [2.45, 2.75) is 51.5 Å². The van der Waals surface area contributed by atoms with Gasteiger partial charge in [-0.25, -0.2) is 8.42 Å². The van der Waals surface area contributed by atoms with Crippen LogP contribution in [-0.4, -0.2) is 33.5 Å². The Morgan fingerprint density at radius 2 is 1.57 bits per heavy atom. The number of rotatable bonds is 11. The normalized spacial score (nSPS) is 11.3. The molecular weight excluding hydrogens is 460 g/mol. The highest BCUT2D eigenvalue weighted by Crippen LogP contribution is 2.25. The van der Waals surface area contributed by atoms with Gasteiger partial charge in [-0.1, -0.05) is 36.4 Å². The fraction of sp³-hybridized carbons (Fsp3) is 0.321. The number of ether oxygens (including phenoxy) is 1. The number of sulfonamides is 1. The van der Waals surface area contributed by atoms with Crippen LogP contribution < -0.4 is 14.4 Å². The zero-order chi connectivity index (χ0) is 25.4. The first-order chi connectivity index (χ1) is 16.6. The standard InChI is InChI=1S/C28H34N2O4S/c1-21(2)34-26-14-12-24(13-15-26)9-8-16-29-28(31)20-30(25-18-22(3)17-23(4)19-25)35(32,33)27-10-6-5-7-11-27/h5-7,10-15,17-19,21H,8-9,16,20H2,1-4H3,(H,29,31). The van der Waals surface area contributed by atoms with E-state index in [0.717, 1.165) is 35.3 Å². The highest BCUT2D eigenvalue weighted by Gasteiger charge is 2.27. The number of hydrogen-bond acceptors (Lipinski definition) is 4. The van der Waals surface area contributed by atoms with E-state index < -0.39 is 10.0 Å². The molecule has 35 heavy (non-hydrogen) atoms. The second-order valence-corrected chi connectivity index (χ2v) is 10.8. The van der Waals surface area contributed by atoms with E-state index in [1.807, 2.05) is 58.0 Å². The smallest absolute Gasteiger partial charge is 0.264 e. The van der Waals surface area contributed by atoms with E-state index in [-0.39, 0.29) is 23.5 Å². The molecule has 0 aromatic heterocycles. The summed E-state index contributed by atoms with van der Waals surface area (Å²) in [7, 11) is -3.91. The van der Waals surface area contributed by atoms with Crippen molar-refractivity contribution in [2.24, 2.45) is 0 Å². The molecule has 0 saturated heterocycles. The highest BCUT2D eigenvalue weighted by atomic mass is 32.2. The second-order valence-electron chi connectivity index (χ2n) is 8.93. The molecule has 3 aromatic rings. The zero-order valence-electron chi connectivity index (χ0n) is 20.8. The predicted octanol–water partition coefficient (Wildman–Crippen LogP) is 5.03. The Hall–Kier alpha value is -3.32. The topological polar surface area (TPSA) is 75.7 Å². The minimum atomic E-state index is -3.91. The molecule has 1 N–H and O–H groups in total. The van der Waals surface area contributed by atoms with Gasteiger partial charge in [0.1, 0.15) is 12.3 Å². The lowest BCUT2D eigenvalue weighted by Gasteiger charge is -2.25. The molecule has 0 heterocycles. The van der Waals surface area contributed by atoms with Crippen LogP contribution in [-0.2, 0) is 21.2 Å². The van der Waals surface area contributed by atoms with Gasteiger partial charge in [-0.2, -0.15) is 0 Å². The summed E-state index contributed by atoms with van der Waals surface area (Å²) in [4.78, 5) is 12.9. The number of nitrogens with zero attached hydrogens (tertiary/aromatic N) is 1. The Balaban J connectivity index is 1.65. The van der Waals surface area contributed by atoms with E-state index in [4.69, 9.17) is 4.74 Å². The monoisotopic (exact) mass is 494 g/mol. The number of carbonyl (C=O) groups is 1. The number of aryl methyl sites for hydroxylation is 3. The lowest BCUT2D eigenvalue weighted by Crippen LogP contribution is -2.41. The lowest BCUT2D eigenvalue weighted by atomic mass is 10.1. The number of nitrogens with one attached hydrogen (secondary N) is 1. The molecule has 1 amide bonds. The maximum Gasteiger partial charge on any atom is 0.264 e. The summed E-state index contributed by atoms with van der Waals surface area (Å²) >= 11 is 0. The van der Waals surface area contributed by atoms with Crippen molar-refractivity contribution in [2.75, 3.05) is 17.4 Å². The lowest BCUT2D eigenvalue weighted by molar-refractivity contribution is -0.119. The molecule has 0 aliphatic heterocycles. The first kappa shape index (κ1) is 26.3. The van der Waals surface area contributed by atoms with E-state index in [1.165, 1.54) is 4.31 Å². The van der Waals surface area contributed by atoms with Gasteiger partial charge in [0.05, 0.1) is 16.7 Å². The van der Waals surface area contributed by atoms with Crippen molar-refractivity contribution < 1.29 is 17.9 Å². The Labute approximate surface area is 209 Å². The van der Waals surface area contributed by atoms with Crippen LogP contribution >= 0.6 is 0 Å². The van der Waals surface area contributed by atoms with Crippen molar-refractivity contribution in [1.82, 2.24) is 5.32 Å². The van der Waals surface area contributed by atoms with E-state index in [2.05, 4.69) is 5.32 Å². The Morgan fingerprint density at radius 3 is 2.17 bits per heavy atom. The molecule has 0 fully saturated rings. The van der Waals surface area contributed by atoms with Gasteiger partial charge in [-0.05, 0) is 93.6 Å². The van der Waals surface area contributed by atoms with Crippen molar-refractivity contribution in [3.8, 4) is 5.75 Å². The molecular formula is C28H34N2O4S. The quantitative estimate of drug-likeness (QED) is 0.379. The third-order valence-corrected chi connectivity index (χ3v) is 7.16. The van der Waals surface area contributed by atoms with Crippen LogP contribution in [0.5, 0.6) is 5.75 Å². The van der Waals surface area contributed by atoms with Crippen LogP contribution in [0.1, 0.15) is 37.0 Å². The van der Waals surface area contributed by atoms with Crippen molar-refractivity contribution in [3.05, 3.63) is 89.5 Å². The highest BCUT2D eigenvalue weighted by molar-refractivity contribution is 7.92. The third-order valence-electron chi connectivity index (χ3n) is 5.37. The van der Waals surface area contributed by atoms with Gasteiger partial charge >= 0.3 is 0 Å². The average Bonchev–Trinajstić information content (AvgIpc) is 2.81. The minimum Gasteiger partial charge on any atom is -0.491 e. The Bertz CT molecular complexity index is 1200. The van der Waals surface area contributed by atoms with E-state index in [9.17, 15) is 13.2 Å². The fourth-order valence-electron chi connectivity index (χ4n) is 3.84. The van der Waals surface area contributed by atoms with E-state index in [1.54, 1.807) is 42.5 Å². The largest absolute Gasteiger partial charge is 0.491 e. The van der Waals surface area contributed by atoms with Gasteiger partial charge in [-0.15, -0.1) is 0 Å². The van der Waals surface area contributed by atoms with Crippen molar-refractivity contribution >= 4 is 21.6 Å². The summed E-state index contributed by atoms with van der Waals surface area (Å²) in [5, 5.41) is 2.87. The van der Waals surface area contributed by atoms with Gasteiger partial charge < -0.3 is 10.1 Å². The molecule has 7 heteroatoms. The zero-order valence-corrected chi connectivity index (χ0v) is 21.6. The van der Waals surface area contributed by atoms with Crippen LogP contribution in [0, 0.1) is 13.8 Å². The van der Waals surface area contributed by atoms with Gasteiger partial charge in [0.2, 0.25) is 5.91 Å². The summed E-state index contributed by atoms with van der Waals surface area (Å²) in [6.45, 7) is 7.96. The van der Waals surface area contributed by atoms with Crippen LogP contribution in [0.4, 0.5) is 5.69 Å². The summed E-state index contributed by atoms with van der Waals surface area (Å²) in [5.41, 5.74) is 3.49. The molecule has 0 aliphatic carbocycles. The number of anilines is 1. The summed E-state index contributed by atoms with van der Waals surface area (Å²) in [5.74, 6) is 0.493. The van der Waals surface area contributed by atoms with Crippen LogP contribution in [0.3, 0.4) is 0 Å². The average molecular weight is 495 g/mol. The molecule has 3 aromatic carbocycles. The molecule has 0 saturated carbocycles. The van der Waals surface area contributed by atoms with Crippen LogP contribution in [0.25, 0.3) is 0 Å². The van der Waals surface area contributed by atoms with Crippen molar-refractivity contribution in [3.63, 3.8) is 0 Å². The van der Waals surface area contributed by atoms with E-state index >= 15 is 0 Å². The molecule has 0 bridgehead atoms. The summed E-state index contributed by atoms with van der Waals surface area (Å²) in [6, 6.07) is 21.7. The first-order valence-corrected chi connectivity index (χ1v) is 13.3. The maximum atomic E-state index is 13.4. The Morgan fingerprint density at radius 1 is 0.943 bits per heavy atom. The third kappa shape index (κ3) is 7.59. The van der Waals surface area contributed by atoms with Gasteiger partial charge in [-0.3, -0.25) is 9.10 Å². The van der Waals surface area contributed by atoms with Gasteiger partial charge in [0.25, 0.3) is 10.0 Å². The fourth-order valence-corrected chi connectivity index (χ4v) is 5.27. The molecule has 0 spiro atoms. The molecule has 0 unspecified atom stereocenters.